The first-order valence-corrected chi connectivity index (χ1v) is 9.18. The maximum atomic E-state index is 12.6. The van der Waals surface area contributed by atoms with Gasteiger partial charge in [-0.1, -0.05) is 0 Å². The number of carbonyl (C=O) groups is 1. The van der Waals surface area contributed by atoms with Gasteiger partial charge in [-0.2, -0.15) is 0 Å². The van der Waals surface area contributed by atoms with Crippen LogP contribution in [0.15, 0.2) is 24.3 Å². The van der Waals surface area contributed by atoms with E-state index in [1.54, 1.807) is 0 Å². The number of carbonyl (C=O) groups excluding carboxylic acids is 1. The molecule has 0 radical (unpaired) electrons. The molecular weight excluding hydrogens is 320 g/mol. The Morgan fingerprint density at radius 3 is 2.36 bits per heavy atom. The molecule has 6 nitrogen and oxygen atoms in total. The third kappa shape index (κ3) is 3.14. The summed E-state index contributed by atoms with van der Waals surface area (Å²) in [5.74, 6) is -0.0590. The Bertz CT molecular complexity index is 606. The number of nitrogens with zero attached hydrogens (tertiary/aromatic N) is 1. The summed E-state index contributed by atoms with van der Waals surface area (Å²) in [6.07, 6.45) is 1.94. The van der Waals surface area contributed by atoms with Gasteiger partial charge < -0.3 is 24.8 Å². The lowest BCUT2D eigenvalue weighted by atomic mass is 9.58. The summed E-state index contributed by atoms with van der Waals surface area (Å²) >= 11 is 0. The smallest absolute Gasteiger partial charge is 0.251 e. The topological polar surface area (TPSA) is 71.0 Å². The van der Waals surface area contributed by atoms with Gasteiger partial charge in [0.25, 0.3) is 5.91 Å². The van der Waals surface area contributed by atoms with Gasteiger partial charge in [0, 0.05) is 49.0 Å². The van der Waals surface area contributed by atoms with Crippen molar-refractivity contribution in [3.63, 3.8) is 0 Å². The molecule has 2 aliphatic heterocycles. The van der Waals surface area contributed by atoms with E-state index in [1.807, 2.05) is 24.3 Å². The van der Waals surface area contributed by atoms with Crippen LogP contribution >= 0.6 is 0 Å². The number of aliphatic hydroxyl groups is 1. The van der Waals surface area contributed by atoms with Crippen LogP contribution in [0.3, 0.4) is 0 Å². The first-order chi connectivity index (χ1) is 12.2. The van der Waals surface area contributed by atoms with Crippen LogP contribution in [0, 0.1) is 5.41 Å². The van der Waals surface area contributed by atoms with Crippen LogP contribution in [-0.4, -0.2) is 62.7 Å². The van der Waals surface area contributed by atoms with Crippen LogP contribution in [0.4, 0.5) is 5.69 Å². The van der Waals surface area contributed by atoms with E-state index < -0.39 is 0 Å². The minimum Gasteiger partial charge on any atom is -0.392 e. The number of aliphatic hydroxyl groups excluding tert-OH is 1. The highest BCUT2D eigenvalue weighted by molar-refractivity contribution is 5.94. The number of benzene rings is 1. The Labute approximate surface area is 148 Å². The standard InChI is InChI=1S/C19H26N2O4/c22-17-13-16(19(17)5-9-24-10-6-19)20-18(23)14-1-3-15(4-2-14)21-7-11-25-12-8-21/h1-4,16-17,22H,5-13H2,(H,20,23)/t16-,17-/m1/s1. The lowest BCUT2D eigenvalue weighted by molar-refractivity contribution is -0.145. The third-order valence-electron chi connectivity index (χ3n) is 6.05. The van der Waals surface area contributed by atoms with E-state index in [-0.39, 0.29) is 23.5 Å². The van der Waals surface area contributed by atoms with Crippen molar-refractivity contribution in [2.75, 3.05) is 44.4 Å². The summed E-state index contributed by atoms with van der Waals surface area (Å²) in [5.41, 5.74) is 1.60. The molecule has 1 aromatic rings. The van der Waals surface area contributed by atoms with E-state index >= 15 is 0 Å². The van der Waals surface area contributed by atoms with E-state index in [4.69, 9.17) is 9.47 Å². The van der Waals surface area contributed by atoms with Crippen molar-refractivity contribution in [2.45, 2.75) is 31.4 Å². The van der Waals surface area contributed by atoms with Crippen molar-refractivity contribution in [1.29, 1.82) is 0 Å². The SMILES string of the molecule is O=C(N[C@@H]1C[C@@H](O)C12CCOCC2)c1ccc(N2CCOCC2)cc1. The second-order valence-corrected chi connectivity index (χ2v) is 7.27. The van der Waals surface area contributed by atoms with Gasteiger partial charge in [-0.25, -0.2) is 0 Å². The molecule has 2 heterocycles. The summed E-state index contributed by atoms with van der Waals surface area (Å²) in [4.78, 5) is 14.9. The molecule has 3 fully saturated rings. The summed E-state index contributed by atoms with van der Waals surface area (Å²) < 4.78 is 10.8. The zero-order valence-electron chi connectivity index (χ0n) is 14.4. The van der Waals surface area contributed by atoms with E-state index in [0.717, 1.165) is 44.8 Å². The molecule has 1 spiro atoms. The van der Waals surface area contributed by atoms with Gasteiger partial charge in [0.2, 0.25) is 0 Å². The molecule has 2 saturated heterocycles. The summed E-state index contributed by atoms with van der Waals surface area (Å²) in [7, 11) is 0. The monoisotopic (exact) mass is 346 g/mol. The van der Waals surface area contributed by atoms with Crippen LogP contribution in [-0.2, 0) is 9.47 Å². The Morgan fingerprint density at radius 1 is 1.08 bits per heavy atom. The molecule has 1 saturated carbocycles. The first kappa shape index (κ1) is 16.8. The summed E-state index contributed by atoms with van der Waals surface area (Å²) in [5, 5.41) is 13.4. The summed E-state index contributed by atoms with van der Waals surface area (Å²) in [6, 6.07) is 7.80. The average Bonchev–Trinajstić information content (AvgIpc) is 2.69. The van der Waals surface area contributed by atoms with E-state index in [2.05, 4.69) is 10.2 Å². The van der Waals surface area contributed by atoms with E-state index in [1.165, 1.54) is 0 Å². The quantitative estimate of drug-likeness (QED) is 0.860. The maximum absolute atomic E-state index is 12.6. The third-order valence-corrected chi connectivity index (χ3v) is 6.05. The van der Waals surface area contributed by atoms with Gasteiger partial charge in [0.15, 0.2) is 0 Å². The van der Waals surface area contributed by atoms with Crippen molar-refractivity contribution in [2.24, 2.45) is 5.41 Å². The molecule has 1 amide bonds. The maximum Gasteiger partial charge on any atom is 0.251 e. The molecule has 2 N–H and O–H groups in total. The second kappa shape index (κ2) is 6.94. The Morgan fingerprint density at radius 2 is 1.72 bits per heavy atom. The van der Waals surface area contributed by atoms with Crippen LogP contribution in [0.25, 0.3) is 0 Å². The largest absolute Gasteiger partial charge is 0.392 e. The minimum atomic E-state index is -0.328. The van der Waals surface area contributed by atoms with Crippen molar-refractivity contribution in [3.05, 3.63) is 29.8 Å². The van der Waals surface area contributed by atoms with E-state index in [9.17, 15) is 9.90 Å². The fourth-order valence-electron chi connectivity index (χ4n) is 4.29. The lowest BCUT2D eigenvalue weighted by Gasteiger charge is -2.55. The molecule has 0 bridgehead atoms. The molecule has 2 atom stereocenters. The number of amides is 1. The molecule has 0 unspecified atom stereocenters. The first-order valence-electron chi connectivity index (χ1n) is 9.18. The van der Waals surface area contributed by atoms with Gasteiger partial charge in [-0.05, 0) is 43.5 Å². The van der Waals surface area contributed by atoms with Gasteiger partial charge in [-0.15, -0.1) is 0 Å². The number of hydrogen-bond donors (Lipinski definition) is 2. The highest BCUT2D eigenvalue weighted by Crippen LogP contribution is 2.49. The van der Waals surface area contributed by atoms with Gasteiger partial charge >= 0.3 is 0 Å². The molecular formula is C19H26N2O4. The highest BCUT2D eigenvalue weighted by atomic mass is 16.5. The van der Waals surface area contributed by atoms with Crippen molar-refractivity contribution >= 4 is 11.6 Å². The number of nitrogens with one attached hydrogen (secondary N) is 1. The molecule has 1 aromatic carbocycles. The number of rotatable bonds is 3. The highest BCUT2D eigenvalue weighted by Gasteiger charge is 2.55. The van der Waals surface area contributed by atoms with Gasteiger partial charge in [-0.3, -0.25) is 4.79 Å². The molecule has 136 valence electrons. The van der Waals surface area contributed by atoms with Gasteiger partial charge in [0.1, 0.15) is 0 Å². The molecule has 6 heteroatoms. The normalized spacial score (nSPS) is 28.4. The molecule has 0 aromatic heterocycles. The summed E-state index contributed by atoms with van der Waals surface area (Å²) in [6.45, 7) is 4.59. The molecule has 4 rings (SSSR count). The Hall–Kier alpha value is -1.63. The zero-order valence-corrected chi connectivity index (χ0v) is 14.4. The predicted molar refractivity (Wildman–Crippen MR) is 93.8 cm³/mol. The molecule has 1 aliphatic carbocycles. The van der Waals surface area contributed by atoms with E-state index in [0.29, 0.717) is 25.2 Å². The number of morpholine rings is 1. The predicted octanol–water partition coefficient (Wildman–Crippen LogP) is 1.18. The van der Waals surface area contributed by atoms with Crippen LogP contribution in [0.2, 0.25) is 0 Å². The van der Waals surface area contributed by atoms with Crippen molar-refractivity contribution in [3.8, 4) is 0 Å². The van der Waals surface area contributed by atoms with Gasteiger partial charge in [0.05, 0.1) is 19.3 Å². The minimum absolute atomic E-state index is 0.0396. The van der Waals surface area contributed by atoms with Crippen molar-refractivity contribution in [1.82, 2.24) is 5.32 Å². The van der Waals surface area contributed by atoms with Crippen LogP contribution in [0.5, 0.6) is 0 Å². The van der Waals surface area contributed by atoms with Crippen molar-refractivity contribution < 1.29 is 19.4 Å². The number of anilines is 1. The average molecular weight is 346 g/mol. The fraction of sp³-hybridized carbons (Fsp3) is 0.632. The molecule has 3 aliphatic rings. The fourth-order valence-corrected chi connectivity index (χ4v) is 4.29. The lowest BCUT2D eigenvalue weighted by Crippen LogP contribution is -2.65. The zero-order chi connectivity index (χ0) is 17.3. The second-order valence-electron chi connectivity index (χ2n) is 7.27. The van der Waals surface area contributed by atoms with Crippen LogP contribution in [0.1, 0.15) is 29.6 Å². The Kier molecular flexibility index (Phi) is 4.67. The Balaban J connectivity index is 1.39. The number of ether oxygens (including phenoxy) is 2. The van der Waals surface area contributed by atoms with Crippen LogP contribution < -0.4 is 10.2 Å². The number of hydrogen-bond acceptors (Lipinski definition) is 5. The molecule has 25 heavy (non-hydrogen) atoms.